The number of hydrogen-bond donors (Lipinski definition) is 2. The summed E-state index contributed by atoms with van der Waals surface area (Å²) in [5, 5.41) is 22.0. The molecule has 7 heteroatoms. The van der Waals surface area contributed by atoms with Crippen molar-refractivity contribution < 1.29 is 24.1 Å². The molecule has 2 aromatic carbocycles. The molecule has 0 aliphatic carbocycles. The van der Waals surface area contributed by atoms with E-state index < -0.39 is 5.91 Å². The van der Waals surface area contributed by atoms with Crippen molar-refractivity contribution in [2.75, 3.05) is 26.1 Å². The largest absolute Gasteiger partial charge is 0.502 e. The molecule has 2 aromatic rings. The Morgan fingerprint density at radius 1 is 1.22 bits per heavy atom. The maximum absolute atomic E-state index is 12.4. The molecule has 27 heavy (non-hydrogen) atoms. The van der Waals surface area contributed by atoms with Gasteiger partial charge in [0.05, 0.1) is 20.8 Å². The van der Waals surface area contributed by atoms with E-state index in [0.717, 1.165) is 0 Å². The van der Waals surface area contributed by atoms with Crippen molar-refractivity contribution in [3.8, 4) is 29.1 Å². The van der Waals surface area contributed by atoms with Crippen LogP contribution in [0.1, 0.15) is 12.5 Å². The predicted molar refractivity (Wildman–Crippen MR) is 101 cm³/mol. The van der Waals surface area contributed by atoms with Crippen molar-refractivity contribution in [3.05, 3.63) is 47.5 Å². The van der Waals surface area contributed by atoms with Crippen LogP contribution in [0.3, 0.4) is 0 Å². The molecule has 0 aromatic heterocycles. The van der Waals surface area contributed by atoms with Crippen LogP contribution in [0.25, 0.3) is 6.08 Å². The van der Waals surface area contributed by atoms with E-state index in [4.69, 9.17) is 14.2 Å². The minimum atomic E-state index is -0.572. The number of carbonyl (C=O) groups excluding carboxylic acids is 1. The Balaban J connectivity index is 2.29. The van der Waals surface area contributed by atoms with E-state index in [9.17, 15) is 15.2 Å². The molecular weight excluding hydrogens is 348 g/mol. The van der Waals surface area contributed by atoms with Gasteiger partial charge >= 0.3 is 0 Å². The van der Waals surface area contributed by atoms with E-state index in [1.807, 2.05) is 13.0 Å². The van der Waals surface area contributed by atoms with Gasteiger partial charge in [0.15, 0.2) is 11.5 Å². The number of ether oxygens (including phenoxy) is 3. The Labute approximate surface area is 157 Å². The molecule has 0 atom stereocenters. The molecule has 0 saturated carbocycles. The number of methoxy groups -OCH3 is 2. The molecule has 0 spiro atoms. The van der Waals surface area contributed by atoms with Crippen LogP contribution in [-0.4, -0.2) is 31.8 Å². The van der Waals surface area contributed by atoms with Crippen LogP contribution in [0.5, 0.6) is 23.0 Å². The summed E-state index contributed by atoms with van der Waals surface area (Å²) in [7, 11) is 2.79. The van der Waals surface area contributed by atoms with Crippen LogP contribution >= 0.6 is 0 Å². The topological polar surface area (TPSA) is 101 Å². The van der Waals surface area contributed by atoms with Gasteiger partial charge in [0.25, 0.3) is 5.91 Å². The third-order valence-corrected chi connectivity index (χ3v) is 3.58. The van der Waals surface area contributed by atoms with Crippen molar-refractivity contribution in [3.63, 3.8) is 0 Å². The molecule has 0 saturated heterocycles. The van der Waals surface area contributed by atoms with Gasteiger partial charge < -0.3 is 24.6 Å². The van der Waals surface area contributed by atoms with Gasteiger partial charge in [-0.05, 0) is 42.8 Å². The monoisotopic (exact) mass is 368 g/mol. The average Bonchev–Trinajstić information content (AvgIpc) is 2.67. The van der Waals surface area contributed by atoms with Gasteiger partial charge in [-0.2, -0.15) is 5.26 Å². The molecular formula is C20H20N2O5. The molecule has 0 aliphatic rings. The zero-order chi connectivity index (χ0) is 19.8. The number of hydrogen-bond acceptors (Lipinski definition) is 6. The fraction of sp³-hybridized carbons (Fsp3) is 0.200. The van der Waals surface area contributed by atoms with Crippen LogP contribution in [0, 0.1) is 11.3 Å². The number of phenolic OH excluding ortho intramolecular Hbond substituents is 1. The summed E-state index contributed by atoms with van der Waals surface area (Å²) in [6, 6.07) is 11.8. The number of nitrogens with zero attached hydrogens (tertiary/aromatic N) is 1. The lowest BCUT2D eigenvalue weighted by molar-refractivity contribution is -0.112. The number of rotatable bonds is 7. The van der Waals surface area contributed by atoms with Crippen molar-refractivity contribution in [1.29, 1.82) is 5.26 Å². The van der Waals surface area contributed by atoms with Crippen molar-refractivity contribution in [2.24, 2.45) is 0 Å². The molecule has 2 N–H and O–H groups in total. The molecule has 0 unspecified atom stereocenters. The molecule has 0 heterocycles. The second-order valence-electron chi connectivity index (χ2n) is 5.36. The zero-order valence-corrected chi connectivity index (χ0v) is 15.3. The number of benzene rings is 2. The summed E-state index contributed by atoms with van der Waals surface area (Å²) < 4.78 is 15.5. The molecule has 7 nitrogen and oxygen atoms in total. The average molecular weight is 368 g/mol. The fourth-order valence-corrected chi connectivity index (χ4v) is 2.34. The normalized spacial score (nSPS) is 10.7. The van der Waals surface area contributed by atoms with Crippen LogP contribution < -0.4 is 19.5 Å². The van der Waals surface area contributed by atoms with Crippen molar-refractivity contribution >= 4 is 17.7 Å². The molecule has 0 bridgehead atoms. The van der Waals surface area contributed by atoms with Crippen LogP contribution in [0.15, 0.2) is 42.0 Å². The number of amides is 1. The third-order valence-electron chi connectivity index (χ3n) is 3.58. The summed E-state index contributed by atoms with van der Waals surface area (Å²) in [6.07, 6.45) is 1.38. The molecule has 0 radical (unpaired) electrons. The highest BCUT2D eigenvalue weighted by molar-refractivity contribution is 6.09. The summed E-state index contributed by atoms with van der Waals surface area (Å²) in [6.45, 7) is 2.37. The van der Waals surface area contributed by atoms with E-state index in [1.54, 1.807) is 24.3 Å². The number of anilines is 1. The maximum Gasteiger partial charge on any atom is 0.266 e. The first-order valence-electron chi connectivity index (χ1n) is 8.13. The highest BCUT2D eigenvalue weighted by Crippen LogP contribution is 2.37. The minimum absolute atomic E-state index is 0.119. The Morgan fingerprint density at radius 2 is 1.89 bits per heavy atom. The summed E-state index contributed by atoms with van der Waals surface area (Å²) >= 11 is 0. The summed E-state index contributed by atoms with van der Waals surface area (Å²) in [5.41, 5.74) is 0.857. The zero-order valence-electron chi connectivity index (χ0n) is 15.3. The van der Waals surface area contributed by atoms with Gasteiger partial charge in [-0.1, -0.05) is 6.07 Å². The number of phenols is 1. The Morgan fingerprint density at radius 3 is 2.44 bits per heavy atom. The molecule has 0 fully saturated rings. The molecule has 1 amide bonds. The molecule has 2 rings (SSSR count). The SMILES string of the molecule is CCOc1cccc(NC(=O)C(C#N)=Cc2cc(OC)c(O)c(OC)c2)c1. The maximum atomic E-state index is 12.4. The Kier molecular flexibility index (Phi) is 6.67. The second-order valence-corrected chi connectivity index (χ2v) is 5.36. The number of carbonyl (C=O) groups is 1. The van der Waals surface area contributed by atoms with Crippen molar-refractivity contribution in [2.45, 2.75) is 6.92 Å². The third kappa shape index (κ3) is 4.92. The van der Waals surface area contributed by atoms with Gasteiger partial charge in [0.1, 0.15) is 17.4 Å². The minimum Gasteiger partial charge on any atom is -0.502 e. The number of aromatic hydroxyl groups is 1. The fourth-order valence-electron chi connectivity index (χ4n) is 2.34. The van der Waals surface area contributed by atoms with Gasteiger partial charge in [-0.3, -0.25) is 4.79 Å². The standard InChI is InChI=1S/C20H20N2O5/c1-4-27-16-7-5-6-15(11-16)22-20(24)14(12-21)8-13-9-17(25-2)19(23)18(10-13)26-3/h5-11,23H,4H2,1-3H3,(H,22,24). The van der Waals surface area contributed by atoms with E-state index in [1.165, 1.54) is 32.4 Å². The molecule has 140 valence electrons. The summed E-state index contributed by atoms with van der Waals surface area (Å²) in [4.78, 5) is 12.4. The van der Waals surface area contributed by atoms with Gasteiger partial charge in [-0.25, -0.2) is 0 Å². The highest BCUT2D eigenvalue weighted by Gasteiger charge is 2.14. The Hall–Kier alpha value is -3.66. The van der Waals surface area contributed by atoms with Crippen LogP contribution in [0.2, 0.25) is 0 Å². The quantitative estimate of drug-likeness (QED) is 0.574. The van der Waals surface area contributed by atoms with E-state index in [2.05, 4.69) is 5.32 Å². The lowest BCUT2D eigenvalue weighted by Gasteiger charge is -2.10. The van der Waals surface area contributed by atoms with Crippen molar-refractivity contribution in [1.82, 2.24) is 0 Å². The van der Waals surface area contributed by atoms with Gasteiger partial charge in [0, 0.05) is 11.8 Å². The van der Waals surface area contributed by atoms with Crippen LogP contribution in [0.4, 0.5) is 5.69 Å². The first kappa shape index (κ1) is 19.7. The lowest BCUT2D eigenvalue weighted by atomic mass is 10.1. The first-order valence-corrected chi connectivity index (χ1v) is 8.13. The van der Waals surface area contributed by atoms with E-state index >= 15 is 0 Å². The first-order chi connectivity index (χ1) is 13.0. The summed E-state index contributed by atoms with van der Waals surface area (Å²) in [5.74, 6) is 0.223. The van der Waals surface area contributed by atoms with Gasteiger partial charge in [0.2, 0.25) is 5.75 Å². The predicted octanol–water partition coefficient (Wildman–Crippen LogP) is 3.35. The lowest BCUT2D eigenvalue weighted by Crippen LogP contribution is -2.13. The highest BCUT2D eigenvalue weighted by atomic mass is 16.5. The Bertz CT molecular complexity index is 874. The number of nitrogens with one attached hydrogen (secondary N) is 1. The number of nitriles is 1. The smallest absolute Gasteiger partial charge is 0.266 e. The van der Waals surface area contributed by atoms with Crippen LogP contribution in [-0.2, 0) is 4.79 Å². The molecule has 0 aliphatic heterocycles. The van der Waals surface area contributed by atoms with E-state index in [0.29, 0.717) is 23.6 Å². The van der Waals surface area contributed by atoms with E-state index in [-0.39, 0.29) is 22.8 Å². The second kappa shape index (κ2) is 9.15. The van der Waals surface area contributed by atoms with Gasteiger partial charge in [-0.15, -0.1) is 0 Å².